The van der Waals surface area contributed by atoms with Gasteiger partial charge < -0.3 is 4.74 Å². The molecule has 0 fully saturated rings. The van der Waals surface area contributed by atoms with Gasteiger partial charge in [0.1, 0.15) is 11.4 Å². The first-order chi connectivity index (χ1) is 14.5. The van der Waals surface area contributed by atoms with E-state index in [-0.39, 0.29) is 11.3 Å². The largest absolute Gasteiger partial charge is 0.478 e. The average molecular weight is 402 g/mol. The monoisotopic (exact) mass is 402 g/mol. The van der Waals surface area contributed by atoms with Gasteiger partial charge in [-0.15, -0.1) is 0 Å². The average Bonchev–Trinajstić information content (AvgIpc) is 3.20. The van der Waals surface area contributed by atoms with Crippen LogP contribution in [0.15, 0.2) is 66.0 Å². The Labute approximate surface area is 173 Å². The van der Waals surface area contributed by atoms with Gasteiger partial charge in [-0.1, -0.05) is 25.1 Å². The number of benzene rings is 1. The van der Waals surface area contributed by atoms with Crippen molar-refractivity contribution in [1.29, 1.82) is 0 Å². The van der Waals surface area contributed by atoms with Crippen LogP contribution in [0.5, 0.6) is 5.88 Å². The second kappa shape index (κ2) is 8.28. The molecule has 0 spiro atoms. The highest BCUT2D eigenvalue weighted by molar-refractivity contribution is 5.57. The molecule has 8 nitrogen and oxygen atoms in total. The SMILES string of the molecule is CCOc1ccnc(-c2cccc(C(C)c3nn(-c4cnn(C)c4)ccc3=O)c2)n1. The molecule has 0 radical (unpaired) electrons. The van der Waals surface area contributed by atoms with Crippen molar-refractivity contribution in [1.82, 2.24) is 29.5 Å². The molecule has 4 rings (SSSR count). The molecule has 3 aromatic heterocycles. The van der Waals surface area contributed by atoms with E-state index < -0.39 is 0 Å². The lowest BCUT2D eigenvalue weighted by atomic mass is 9.95. The van der Waals surface area contributed by atoms with Crippen LogP contribution in [0, 0.1) is 0 Å². The fraction of sp³-hybridized carbons (Fsp3) is 0.227. The van der Waals surface area contributed by atoms with Crippen molar-refractivity contribution < 1.29 is 4.74 Å². The number of aromatic nitrogens is 6. The highest BCUT2D eigenvalue weighted by Crippen LogP contribution is 2.25. The second-order valence-electron chi connectivity index (χ2n) is 6.88. The summed E-state index contributed by atoms with van der Waals surface area (Å²) < 4.78 is 8.83. The van der Waals surface area contributed by atoms with Gasteiger partial charge in [-0.05, 0) is 18.6 Å². The Morgan fingerprint density at radius 2 is 2.07 bits per heavy atom. The van der Waals surface area contributed by atoms with Crippen LogP contribution in [0.3, 0.4) is 0 Å². The lowest BCUT2D eigenvalue weighted by molar-refractivity contribution is 0.326. The highest BCUT2D eigenvalue weighted by atomic mass is 16.5. The van der Waals surface area contributed by atoms with Gasteiger partial charge in [0, 0.05) is 43.1 Å². The lowest BCUT2D eigenvalue weighted by Crippen LogP contribution is -2.18. The zero-order valence-electron chi connectivity index (χ0n) is 17.1. The molecule has 0 saturated carbocycles. The van der Waals surface area contributed by atoms with Crippen molar-refractivity contribution in [2.75, 3.05) is 6.61 Å². The molecule has 0 N–H and O–H groups in total. The standard InChI is InChI=1S/C22H22N6O2/c1-4-30-20-8-10-23-22(25-20)17-7-5-6-16(12-17)15(2)21-19(29)9-11-28(26-21)18-13-24-27(3)14-18/h5-15H,4H2,1-3H3. The maximum Gasteiger partial charge on any atom is 0.216 e. The van der Waals surface area contributed by atoms with E-state index in [0.717, 1.165) is 16.8 Å². The summed E-state index contributed by atoms with van der Waals surface area (Å²) in [5.41, 5.74) is 2.95. The van der Waals surface area contributed by atoms with Gasteiger partial charge in [-0.25, -0.2) is 9.67 Å². The summed E-state index contributed by atoms with van der Waals surface area (Å²) >= 11 is 0. The zero-order valence-corrected chi connectivity index (χ0v) is 17.1. The minimum atomic E-state index is -0.211. The summed E-state index contributed by atoms with van der Waals surface area (Å²) in [6, 6.07) is 11.1. The molecular weight excluding hydrogens is 380 g/mol. The number of nitrogens with zero attached hydrogens (tertiary/aromatic N) is 6. The van der Waals surface area contributed by atoms with E-state index >= 15 is 0 Å². The van der Waals surface area contributed by atoms with Gasteiger partial charge in [0.15, 0.2) is 5.82 Å². The third kappa shape index (κ3) is 3.98. The third-order valence-electron chi connectivity index (χ3n) is 4.77. The van der Waals surface area contributed by atoms with Crippen molar-refractivity contribution in [3.05, 3.63) is 82.7 Å². The molecule has 0 aliphatic carbocycles. The maximum absolute atomic E-state index is 12.6. The molecule has 0 aliphatic rings. The lowest BCUT2D eigenvalue weighted by Gasteiger charge is -2.13. The van der Waals surface area contributed by atoms with Gasteiger partial charge in [0.25, 0.3) is 0 Å². The van der Waals surface area contributed by atoms with Crippen molar-refractivity contribution in [3.63, 3.8) is 0 Å². The normalized spacial score (nSPS) is 12.0. The molecular formula is C22H22N6O2. The van der Waals surface area contributed by atoms with Crippen molar-refractivity contribution in [3.8, 4) is 23.0 Å². The number of aryl methyl sites for hydroxylation is 1. The third-order valence-corrected chi connectivity index (χ3v) is 4.77. The predicted molar refractivity (Wildman–Crippen MR) is 113 cm³/mol. The van der Waals surface area contributed by atoms with Gasteiger partial charge in [0.2, 0.25) is 11.3 Å². The van der Waals surface area contributed by atoms with E-state index in [1.165, 1.54) is 6.07 Å². The van der Waals surface area contributed by atoms with Crippen LogP contribution in [-0.4, -0.2) is 36.1 Å². The minimum absolute atomic E-state index is 0.109. The van der Waals surface area contributed by atoms with Crippen LogP contribution < -0.4 is 10.2 Å². The molecule has 1 atom stereocenters. The van der Waals surface area contributed by atoms with E-state index in [9.17, 15) is 4.79 Å². The van der Waals surface area contributed by atoms with Crippen LogP contribution in [0.4, 0.5) is 0 Å². The smallest absolute Gasteiger partial charge is 0.216 e. The summed E-state index contributed by atoms with van der Waals surface area (Å²) in [5.74, 6) is 0.894. The predicted octanol–water partition coefficient (Wildman–Crippen LogP) is 2.97. The molecule has 0 saturated heterocycles. The minimum Gasteiger partial charge on any atom is -0.478 e. The second-order valence-corrected chi connectivity index (χ2v) is 6.88. The number of ether oxygens (including phenoxy) is 1. The van der Waals surface area contributed by atoms with Crippen LogP contribution in [0.1, 0.15) is 31.0 Å². The molecule has 0 amide bonds. The van der Waals surface area contributed by atoms with E-state index in [4.69, 9.17) is 4.74 Å². The van der Waals surface area contributed by atoms with Gasteiger partial charge in [-0.3, -0.25) is 9.48 Å². The van der Waals surface area contributed by atoms with E-state index in [1.807, 2.05) is 51.4 Å². The fourth-order valence-corrected chi connectivity index (χ4v) is 3.21. The highest BCUT2D eigenvalue weighted by Gasteiger charge is 2.16. The summed E-state index contributed by atoms with van der Waals surface area (Å²) in [5, 5.41) is 8.74. The summed E-state index contributed by atoms with van der Waals surface area (Å²) in [6.45, 7) is 4.42. The summed E-state index contributed by atoms with van der Waals surface area (Å²) in [6.07, 6.45) is 6.87. The number of hydrogen-bond acceptors (Lipinski definition) is 6. The van der Waals surface area contributed by atoms with Gasteiger partial charge >= 0.3 is 0 Å². The Kier molecular flexibility index (Phi) is 5.38. The summed E-state index contributed by atoms with van der Waals surface area (Å²) in [4.78, 5) is 21.4. The Balaban J connectivity index is 1.69. The number of rotatable bonds is 6. The van der Waals surface area contributed by atoms with E-state index in [0.29, 0.717) is 24.0 Å². The van der Waals surface area contributed by atoms with E-state index in [2.05, 4.69) is 20.2 Å². The maximum atomic E-state index is 12.6. The molecule has 30 heavy (non-hydrogen) atoms. The molecule has 3 heterocycles. The van der Waals surface area contributed by atoms with Crippen molar-refractivity contribution in [2.24, 2.45) is 7.05 Å². The molecule has 152 valence electrons. The first-order valence-corrected chi connectivity index (χ1v) is 9.70. The van der Waals surface area contributed by atoms with Crippen molar-refractivity contribution >= 4 is 0 Å². The van der Waals surface area contributed by atoms with E-state index in [1.54, 1.807) is 34.0 Å². The molecule has 0 bridgehead atoms. The molecule has 1 unspecified atom stereocenters. The van der Waals surface area contributed by atoms with Crippen LogP contribution in [0.2, 0.25) is 0 Å². The topological polar surface area (TPSA) is 87.7 Å². The van der Waals surface area contributed by atoms with Crippen LogP contribution in [-0.2, 0) is 7.05 Å². The van der Waals surface area contributed by atoms with Gasteiger partial charge in [-0.2, -0.15) is 15.2 Å². The molecule has 8 heteroatoms. The Hall–Kier alpha value is -3.81. The fourth-order valence-electron chi connectivity index (χ4n) is 3.21. The Morgan fingerprint density at radius 3 is 2.83 bits per heavy atom. The van der Waals surface area contributed by atoms with Crippen molar-refractivity contribution in [2.45, 2.75) is 19.8 Å². The first-order valence-electron chi connectivity index (χ1n) is 9.70. The zero-order chi connectivity index (χ0) is 21.1. The summed E-state index contributed by atoms with van der Waals surface area (Å²) in [7, 11) is 1.84. The van der Waals surface area contributed by atoms with Crippen LogP contribution in [0.25, 0.3) is 17.1 Å². The van der Waals surface area contributed by atoms with Crippen LogP contribution >= 0.6 is 0 Å². The molecule has 4 aromatic rings. The quantitative estimate of drug-likeness (QED) is 0.493. The molecule has 0 aliphatic heterocycles. The Bertz CT molecular complexity index is 1230. The first kappa shape index (κ1) is 19.5. The Morgan fingerprint density at radius 1 is 1.20 bits per heavy atom. The van der Waals surface area contributed by atoms with Gasteiger partial charge in [0.05, 0.1) is 19.0 Å². The number of hydrogen-bond donors (Lipinski definition) is 0. The molecule has 1 aromatic carbocycles.